The first-order valence-corrected chi connectivity index (χ1v) is 13.0. The summed E-state index contributed by atoms with van der Waals surface area (Å²) in [5.41, 5.74) is -0.253. The Morgan fingerprint density at radius 3 is 2.26 bits per heavy atom. The minimum Gasteiger partial charge on any atom is -0.419 e. The van der Waals surface area contributed by atoms with Gasteiger partial charge in [0.15, 0.2) is 5.43 Å². The van der Waals surface area contributed by atoms with Crippen molar-refractivity contribution in [1.82, 2.24) is 4.90 Å². The third kappa shape index (κ3) is 3.76. The highest BCUT2D eigenvalue weighted by molar-refractivity contribution is 7.24. The molecule has 2 amide bonds. The van der Waals surface area contributed by atoms with E-state index in [0.29, 0.717) is 45.2 Å². The summed E-state index contributed by atoms with van der Waals surface area (Å²) >= 11 is 1.27. The fraction of sp³-hybridized carbons (Fsp3) is 0.214. The molecule has 0 bridgehead atoms. The summed E-state index contributed by atoms with van der Waals surface area (Å²) in [6.45, 7) is 0. The Kier molecular flexibility index (Phi) is 5.76. The number of hydrogen-bond acceptors (Lipinski definition) is 8. The van der Waals surface area contributed by atoms with Crippen LogP contribution in [0.5, 0.6) is 5.75 Å². The Morgan fingerprint density at radius 1 is 0.895 bits per heavy atom. The van der Waals surface area contributed by atoms with Gasteiger partial charge >= 0.3 is 11.7 Å². The summed E-state index contributed by atoms with van der Waals surface area (Å²) in [6.07, 6.45) is 2.21. The molecule has 1 saturated carbocycles. The normalized spacial score (nSPS) is 19.1. The van der Waals surface area contributed by atoms with Crippen LogP contribution in [0, 0.1) is 16.0 Å². The van der Waals surface area contributed by atoms with Crippen LogP contribution in [0.3, 0.4) is 0 Å². The van der Waals surface area contributed by atoms with E-state index in [1.165, 1.54) is 17.4 Å². The average Bonchev–Trinajstić information content (AvgIpc) is 3.18. The quantitative estimate of drug-likeness (QED) is 0.0903. The smallest absolute Gasteiger partial charge is 0.316 e. The van der Waals surface area contributed by atoms with E-state index in [2.05, 4.69) is 0 Å². The number of carbonyl (C=O) groups excluding carboxylic acids is 3. The molecule has 1 unspecified atom stereocenters. The van der Waals surface area contributed by atoms with Crippen LogP contribution in [0.4, 0.5) is 5.69 Å². The number of nitro groups is 1. The van der Waals surface area contributed by atoms with Gasteiger partial charge in [-0.15, -0.1) is 11.3 Å². The van der Waals surface area contributed by atoms with Gasteiger partial charge in [0, 0.05) is 32.3 Å². The molecule has 1 aromatic heterocycles. The molecule has 0 spiro atoms. The molecule has 2 atom stereocenters. The lowest BCUT2D eigenvalue weighted by molar-refractivity contribution is -0.385. The molecule has 38 heavy (non-hydrogen) atoms. The Morgan fingerprint density at radius 2 is 1.55 bits per heavy atom. The second-order valence-electron chi connectivity index (χ2n) is 9.41. The van der Waals surface area contributed by atoms with E-state index in [4.69, 9.17) is 4.74 Å². The number of nitro benzene ring substituents is 1. The van der Waals surface area contributed by atoms with Gasteiger partial charge in [-0.05, 0) is 37.1 Å². The van der Waals surface area contributed by atoms with Gasteiger partial charge in [-0.1, -0.05) is 37.1 Å². The molecule has 0 N–H and O–H groups in total. The summed E-state index contributed by atoms with van der Waals surface area (Å²) in [4.78, 5) is 65.0. The number of esters is 1. The zero-order chi connectivity index (χ0) is 26.6. The van der Waals surface area contributed by atoms with Gasteiger partial charge in [-0.25, -0.2) is 0 Å². The third-order valence-electron chi connectivity index (χ3n) is 7.25. The third-order valence-corrected chi connectivity index (χ3v) is 8.39. The largest absolute Gasteiger partial charge is 0.419 e. The minimum absolute atomic E-state index is 0.168. The number of benzene rings is 3. The summed E-state index contributed by atoms with van der Waals surface area (Å²) < 4.78 is 6.77. The molecule has 10 heteroatoms. The van der Waals surface area contributed by atoms with Crippen molar-refractivity contribution in [3.8, 4) is 5.75 Å². The average molecular weight is 529 g/mol. The molecule has 6 rings (SSSR count). The van der Waals surface area contributed by atoms with E-state index in [9.17, 15) is 29.3 Å². The van der Waals surface area contributed by atoms with Crippen LogP contribution in [-0.2, 0) is 4.79 Å². The van der Waals surface area contributed by atoms with Crippen molar-refractivity contribution < 1.29 is 24.0 Å². The Hall–Kier alpha value is -4.44. The number of ether oxygens (including phenoxy) is 1. The molecule has 0 saturated heterocycles. The molecular weight excluding hydrogens is 508 g/mol. The zero-order valence-corrected chi connectivity index (χ0v) is 20.7. The summed E-state index contributed by atoms with van der Waals surface area (Å²) in [5, 5.41) is 12.5. The van der Waals surface area contributed by atoms with Gasteiger partial charge in [-0.2, -0.15) is 0 Å². The van der Waals surface area contributed by atoms with Gasteiger partial charge in [0.25, 0.3) is 11.8 Å². The highest BCUT2D eigenvalue weighted by atomic mass is 32.1. The fourth-order valence-corrected chi connectivity index (χ4v) is 6.51. The highest BCUT2D eigenvalue weighted by Crippen LogP contribution is 2.38. The monoisotopic (exact) mass is 528 g/mol. The van der Waals surface area contributed by atoms with E-state index in [-0.39, 0.29) is 16.6 Å². The van der Waals surface area contributed by atoms with Crippen LogP contribution in [0.2, 0.25) is 0 Å². The molecule has 0 radical (unpaired) electrons. The zero-order valence-electron chi connectivity index (χ0n) is 19.9. The van der Waals surface area contributed by atoms with Crippen molar-refractivity contribution >= 4 is 55.0 Å². The molecule has 9 nitrogen and oxygen atoms in total. The number of hydrogen-bond donors (Lipinski definition) is 0. The topological polar surface area (TPSA) is 124 Å². The molecule has 2 heterocycles. The van der Waals surface area contributed by atoms with E-state index in [0.717, 1.165) is 17.4 Å². The predicted octanol–water partition coefficient (Wildman–Crippen LogP) is 5.08. The van der Waals surface area contributed by atoms with Gasteiger partial charge < -0.3 is 4.74 Å². The first kappa shape index (κ1) is 23.9. The summed E-state index contributed by atoms with van der Waals surface area (Å²) in [5.74, 6) is -2.77. The van der Waals surface area contributed by atoms with Crippen molar-refractivity contribution in [3.63, 3.8) is 0 Å². The van der Waals surface area contributed by atoms with Gasteiger partial charge in [-0.3, -0.25) is 34.2 Å². The lowest BCUT2D eigenvalue weighted by Gasteiger charge is -2.35. The summed E-state index contributed by atoms with van der Waals surface area (Å²) in [6, 6.07) is 15.3. The number of imide groups is 1. The van der Waals surface area contributed by atoms with Crippen LogP contribution in [0.1, 0.15) is 46.4 Å². The SMILES string of the molecule is O=C(Oc1cc2sc3ccccc3c(=O)c2cc1[N+](=O)[O-])C1CCCC[C@H]1N1C(=O)c2ccccc2C1=O. The van der Waals surface area contributed by atoms with Gasteiger partial charge in [0.2, 0.25) is 5.75 Å². The molecule has 2 aliphatic rings. The maximum atomic E-state index is 13.5. The Labute approximate surface area is 219 Å². The molecule has 190 valence electrons. The maximum Gasteiger partial charge on any atom is 0.316 e. The second kappa shape index (κ2) is 9.14. The van der Waals surface area contributed by atoms with Crippen LogP contribution in [0.25, 0.3) is 20.2 Å². The van der Waals surface area contributed by atoms with E-state index < -0.39 is 40.4 Å². The maximum absolute atomic E-state index is 13.5. The van der Waals surface area contributed by atoms with Gasteiger partial charge in [0.1, 0.15) is 0 Å². The highest BCUT2D eigenvalue weighted by Gasteiger charge is 2.46. The molecule has 1 fully saturated rings. The van der Waals surface area contributed by atoms with E-state index in [1.807, 2.05) is 0 Å². The first-order chi connectivity index (χ1) is 18.3. The molecule has 1 aliphatic carbocycles. The standard InChI is InChI=1S/C28H20N2O7S/c31-25-18-10-4-6-12-23(18)38-24-14-22(21(30(35)36)13-19(24)25)37-28(34)17-9-3-5-11-20(17)29-26(32)15-7-1-2-8-16(15)27(29)33/h1-2,4,6-8,10,12-14,17,20H,3,5,9,11H2/t17?,20-/m1/s1. The number of carbonyl (C=O) groups is 3. The molecule has 4 aromatic rings. The van der Waals surface area contributed by atoms with Crippen LogP contribution >= 0.6 is 11.3 Å². The first-order valence-electron chi connectivity index (χ1n) is 12.2. The van der Waals surface area contributed by atoms with Crippen LogP contribution in [0.15, 0.2) is 65.5 Å². The van der Waals surface area contributed by atoms with E-state index in [1.54, 1.807) is 48.5 Å². The molecular formula is C28H20N2O7S. The van der Waals surface area contributed by atoms with Crippen molar-refractivity contribution in [1.29, 1.82) is 0 Å². The number of fused-ring (bicyclic) bond motifs is 3. The number of rotatable bonds is 4. The second-order valence-corrected chi connectivity index (χ2v) is 10.5. The van der Waals surface area contributed by atoms with E-state index >= 15 is 0 Å². The predicted molar refractivity (Wildman–Crippen MR) is 141 cm³/mol. The van der Waals surface area contributed by atoms with Crippen molar-refractivity contribution in [3.05, 3.63) is 92.1 Å². The Bertz CT molecular complexity index is 1710. The van der Waals surface area contributed by atoms with Crippen molar-refractivity contribution in [2.24, 2.45) is 5.92 Å². The lowest BCUT2D eigenvalue weighted by atomic mass is 9.83. The van der Waals surface area contributed by atoms with Gasteiger partial charge in [0.05, 0.1) is 28.0 Å². The fourth-order valence-electron chi connectivity index (χ4n) is 5.43. The molecule has 3 aromatic carbocycles. The van der Waals surface area contributed by atoms with Crippen LogP contribution in [-0.4, -0.2) is 33.6 Å². The van der Waals surface area contributed by atoms with Crippen molar-refractivity contribution in [2.75, 3.05) is 0 Å². The minimum atomic E-state index is -0.836. The number of amides is 2. The number of nitrogens with zero attached hydrogens (tertiary/aromatic N) is 2. The molecule has 1 aliphatic heterocycles. The lowest BCUT2D eigenvalue weighted by Crippen LogP contribution is -2.49. The summed E-state index contributed by atoms with van der Waals surface area (Å²) in [7, 11) is 0. The Balaban J connectivity index is 1.37. The van der Waals surface area contributed by atoms with Crippen LogP contribution < -0.4 is 10.2 Å². The van der Waals surface area contributed by atoms with Crippen molar-refractivity contribution in [2.45, 2.75) is 31.7 Å².